The van der Waals surface area contributed by atoms with Gasteiger partial charge in [0.2, 0.25) is 0 Å². The second kappa shape index (κ2) is 6.55. The first-order chi connectivity index (χ1) is 9.05. The normalized spacial score (nSPS) is 27.9. The van der Waals surface area contributed by atoms with Crippen molar-refractivity contribution in [2.24, 2.45) is 5.41 Å². The average molecular weight is 268 g/mol. The first-order valence-corrected chi connectivity index (χ1v) is 8.06. The van der Waals surface area contributed by atoms with E-state index in [1.54, 1.807) is 0 Å². The van der Waals surface area contributed by atoms with Gasteiger partial charge in [-0.2, -0.15) is 0 Å². The van der Waals surface area contributed by atoms with Crippen LogP contribution in [0.15, 0.2) is 0 Å². The summed E-state index contributed by atoms with van der Waals surface area (Å²) in [7, 11) is 2.11. The molecule has 112 valence electrons. The van der Waals surface area contributed by atoms with E-state index in [0.29, 0.717) is 5.41 Å². The van der Waals surface area contributed by atoms with Crippen LogP contribution in [0.4, 0.5) is 0 Å². The number of nitrogens with zero attached hydrogens (tertiary/aromatic N) is 1. The van der Waals surface area contributed by atoms with Crippen molar-refractivity contribution in [3.05, 3.63) is 0 Å². The lowest BCUT2D eigenvalue weighted by atomic mass is 9.79. The largest absolute Gasteiger partial charge is 0.373 e. The Morgan fingerprint density at radius 1 is 1.11 bits per heavy atom. The topological polar surface area (TPSA) is 24.5 Å². The summed E-state index contributed by atoms with van der Waals surface area (Å²) in [5.74, 6) is 0. The Morgan fingerprint density at radius 3 is 2.37 bits per heavy atom. The summed E-state index contributed by atoms with van der Waals surface area (Å²) < 4.78 is 5.85. The standard InChI is InChI=1S/C16H32N2O/c1-15(2)13-18(10-11-19-15)14-16(12-17-3)8-6-4-5-7-9-16/h17H,4-14H2,1-3H3. The highest BCUT2D eigenvalue weighted by Crippen LogP contribution is 2.36. The van der Waals surface area contributed by atoms with E-state index >= 15 is 0 Å². The van der Waals surface area contributed by atoms with Crippen molar-refractivity contribution in [3.63, 3.8) is 0 Å². The molecule has 0 aromatic carbocycles. The Kier molecular flexibility index (Phi) is 5.27. The van der Waals surface area contributed by atoms with Gasteiger partial charge in [-0.05, 0) is 39.2 Å². The van der Waals surface area contributed by atoms with Crippen LogP contribution in [-0.4, -0.2) is 50.3 Å². The molecule has 0 atom stereocenters. The Hall–Kier alpha value is -0.120. The average Bonchev–Trinajstić information content (AvgIpc) is 2.54. The second-order valence-corrected chi connectivity index (χ2v) is 7.26. The molecular weight excluding hydrogens is 236 g/mol. The Labute approximate surface area is 119 Å². The molecule has 0 radical (unpaired) electrons. The van der Waals surface area contributed by atoms with Gasteiger partial charge in [0.15, 0.2) is 0 Å². The monoisotopic (exact) mass is 268 g/mol. The van der Waals surface area contributed by atoms with Crippen LogP contribution in [0.2, 0.25) is 0 Å². The lowest BCUT2D eigenvalue weighted by molar-refractivity contribution is -0.0951. The van der Waals surface area contributed by atoms with Crippen molar-refractivity contribution in [1.82, 2.24) is 10.2 Å². The van der Waals surface area contributed by atoms with E-state index in [0.717, 1.165) is 19.7 Å². The van der Waals surface area contributed by atoms with Crippen molar-refractivity contribution in [2.75, 3.05) is 39.8 Å². The molecule has 3 heteroatoms. The molecule has 0 amide bonds. The molecular formula is C16H32N2O. The Morgan fingerprint density at radius 2 is 1.79 bits per heavy atom. The molecule has 0 aromatic rings. The van der Waals surface area contributed by atoms with E-state index in [1.807, 2.05) is 0 Å². The predicted molar refractivity (Wildman–Crippen MR) is 80.5 cm³/mol. The van der Waals surface area contributed by atoms with E-state index in [-0.39, 0.29) is 5.60 Å². The molecule has 1 saturated heterocycles. The zero-order valence-corrected chi connectivity index (χ0v) is 13.1. The highest BCUT2D eigenvalue weighted by atomic mass is 16.5. The van der Waals surface area contributed by atoms with Crippen LogP contribution in [0, 0.1) is 5.41 Å². The Bertz CT molecular complexity index is 270. The van der Waals surface area contributed by atoms with Crippen molar-refractivity contribution < 1.29 is 4.74 Å². The first kappa shape index (κ1) is 15.3. The molecule has 0 spiro atoms. The fourth-order valence-electron chi connectivity index (χ4n) is 3.97. The van der Waals surface area contributed by atoms with Gasteiger partial charge in [-0.25, -0.2) is 0 Å². The summed E-state index contributed by atoms with van der Waals surface area (Å²) >= 11 is 0. The molecule has 3 nitrogen and oxygen atoms in total. The molecule has 1 heterocycles. The maximum absolute atomic E-state index is 5.85. The van der Waals surface area contributed by atoms with Crippen LogP contribution in [0.3, 0.4) is 0 Å². The van der Waals surface area contributed by atoms with Gasteiger partial charge in [0.25, 0.3) is 0 Å². The van der Waals surface area contributed by atoms with Crippen LogP contribution in [0.5, 0.6) is 0 Å². The minimum absolute atomic E-state index is 0.0316. The molecule has 0 unspecified atom stereocenters. The molecule has 19 heavy (non-hydrogen) atoms. The number of morpholine rings is 1. The van der Waals surface area contributed by atoms with Crippen molar-refractivity contribution >= 4 is 0 Å². The fraction of sp³-hybridized carbons (Fsp3) is 1.00. The maximum Gasteiger partial charge on any atom is 0.0753 e. The van der Waals surface area contributed by atoms with E-state index in [1.165, 1.54) is 51.6 Å². The summed E-state index contributed by atoms with van der Waals surface area (Å²) in [5.41, 5.74) is 0.530. The highest BCUT2D eigenvalue weighted by molar-refractivity contribution is 4.89. The molecule has 1 N–H and O–H groups in total. The molecule has 1 aliphatic heterocycles. The molecule has 1 aliphatic carbocycles. The Balaban J connectivity index is 1.98. The summed E-state index contributed by atoms with van der Waals surface area (Å²) in [6.07, 6.45) is 8.47. The molecule has 0 aromatic heterocycles. The van der Waals surface area contributed by atoms with Crippen LogP contribution >= 0.6 is 0 Å². The zero-order valence-electron chi connectivity index (χ0n) is 13.1. The van der Waals surface area contributed by atoms with Gasteiger partial charge in [-0.15, -0.1) is 0 Å². The first-order valence-electron chi connectivity index (χ1n) is 8.06. The van der Waals surface area contributed by atoms with Crippen molar-refractivity contribution in [3.8, 4) is 0 Å². The van der Waals surface area contributed by atoms with Crippen LogP contribution < -0.4 is 5.32 Å². The van der Waals surface area contributed by atoms with Gasteiger partial charge in [0.1, 0.15) is 0 Å². The number of rotatable bonds is 4. The van der Waals surface area contributed by atoms with Crippen LogP contribution in [-0.2, 0) is 4.74 Å². The predicted octanol–water partition coefficient (Wildman–Crippen LogP) is 2.66. The van der Waals surface area contributed by atoms with Crippen LogP contribution in [0.25, 0.3) is 0 Å². The molecule has 2 rings (SSSR count). The van der Waals surface area contributed by atoms with Gasteiger partial charge in [0.05, 0.1) is 12.2 Å². The van der Waals surface area contributed by atoms with E-state index in [9.17, 15) is 0 Å². The number of ether oxygens (including phenoxy) is 1. The lowest BCUT2D eigenvalue weighted by Crippen LogP contribution is -2.53. The summed E-state index contributed by atoms with van der Waals surface area (Å²) in [6, 6.07) is 0. The lowest BCUT2D eigenvalue weighted by Gasteiger charge is -2.44. The van der Waals surface area contributed by atoms with E-state index < -0.39 is 0 Å². The van der Waals surface area contributed by atoms with Gasteiger partial charge < -0.3 is 10.1 Å². The van der Waals surface area contributed by atoms with Gasteiger partial charge in [-0.1, -0.05) is 25.7 Å². The molecule has 0 bridgehead atoms. The number of nitrogens with one attached hydrogen (secondary N) is 1. The molecule has 2 aliphatic rings. The maximum atomic E-state index is 5.85. The zero-order chi connectivity index (χ0) is 13.8. The van der Waals surface area contributed by atoms with Crippen LogP contribution in [0.1, 0.15) is 52.4 Å². The second-order valence-electron chi connectivity index (χ2n) is 7.26. The summed E-state index contributed by atoms with van der Waals surface area (Å²) in [5, 5.41) is 3.46. The number of hydrogen-bond acceptors (Lipinski definition) is 3. The third-order valence-electron chi connectivity index (χ3n) is 4.78. The highest BCUT2D eigenvalue weighted by Gasteiger charge is 2.35. The third-order valence-corrected chi connectivity index (χ3v) is 4.78. The summed E-state index contributed by atoms with van der Waals surface area (Å²) in [4.78, 5) is 2.64. The summed E-state index contributed by atoms with van der Waals surface area (Å²) in [6.45, 7) is 9.94. The minimum atomic E-state index is 0.0316. The quantitative estimate of drug-likeness (QED) is 0.793. The smallest absolute Gasteiger partial charge is 0.0753 e. The molecule has 2 fully saturated rings. The van der Waals surface area contributed by atoms with Crippen molar-refractivity contribution in [1.29, 1.82) is 0 Å². The third kappa shape index (κ3) is 4.44. The fourth-order valence-corrected chi connectivity index (χ4v) is 3.97. The number of hydrogen-bond donors (Lipinski definition) is 1. The van der Waals surface area contributed by atoms with Gasteiger partial charge in [0, 0.05) is 26.2 Å². The molecule has 1 saturated carbocycles. The van der Waals surface area contributed by atoms with Gasteiger partial charge in [-0.3, -0.25) is 4.90 Å². The minimum Gasteiger partial charge on any atom is -0.373 e. The van der Waals surface area contributed by atoms with E-state index in [2.05, 4.69) is 31.1 Å². The van der Waals surface area contributed by atoms with Gasteiger partial charge >= 0.3 is 0 Å². The SMILES string of the molecule is CNCC1(CN2CCOC(C)(C)C2)CCCCCC1. The van der Waals surface area contributed by atoms with Crippen molar-refractivity contribution in [2.45, 2.75) is 58.0 Å². The van der Waals surface area contributed by atoms with E-state index in [4.69, 9.17) is 4.74 Å².